The molecule has 7 rings (SSSR count). The van der Waals surface area contributed by atoms with Gasteiger partial charge in [0, 0.05) is 47.3 Å². The number of thioether (sulfide) groups is 2. The molecular weight excluding hydrogens is 889 g/mol. The highest BCUT2D eigenvalue weighted by Gasteiger charge is 2.16. The molecule has 7 nitrogen and oxygen atoms in total. The van der Waals surface area contributed by atoms with Crippen molar-refractivity contribution in [1.82, 2.24) is 14.9 Å². The van der Waals surface area contributed by atoms with E-state index >= 15 is 0 Å². The third-order valence-corrected chi connectivity index (χ3v) is 13.3. The molecule has 0 amide bonds. The van der Waals surface area contributed by atoms with Crippen molar-refractivity contribution in [1.29, 1.82) is 0 Å². The number of hydrogen-bond donors (Lipinski definition) is 0. The van der Waals surface area contributed by atoms with Gasteiger partial charge < -0.3 is 8.83 Å². The quantitative estimate of drug-likeness (QED) is 0.0655. The second-order valence-corrected chi connectivity index (χ2v) is 18.1. The predicted octanol–water partition coefficient (Wildman–Crippen LogP) is 12.7. The molecule has 0 radical (unpaired) electrons. The number of rotatable bonds is 21. The minimum atomic E-state index is -0.233. The lowest BCUT2D eigenvalue weighted by atomic mass is 10.1. The highest BCUT2D eigenvalue weighted by molar-refractivity contribution is 9.08. The molecule has 326 valence electrons. The van der Waals surface area contributed by atoms with Gasteiger partial charge in [-0.2, -0.15) is 0 Å². The van der Waals surface area contributed by atoms with Gasteiger partial charge in [0.25, 0.3) is 0 Å². The van der Waals surface area contributed by atoms with Crippen LogP contribution in [0.3, 0.4) is 0 Å². The Labute approximate surface area is 381 Å². The van der Waals surface area contributed by atoms with E-state index in [1.165, 1.54) is 61.3 Å². The van der Waals surface area contributed by atoms with Crippen molar-refractivity contribution < 1.29 is 27.2 Å². The average Bonchev–Trinajstić information content (AvgIpc) is 4.03. The number of aromatic nitrogens is 2. The van der Waals surface area contributed by atoms with Gasteiger partial charge in [-0.15, -0.1) is 23.5 Å². The number of ketones is 2. The van der Waals surface area contributed by atoms with Crippen LogP contribution in [-0.4, -0.2) is 51.0 Å². The van der Waals surface area contributed by atoms with Crippen molar-refractivity contribution in [2.75, 3.05) is 24.6 Å². The molecular formula is C50H54BrF2N3O4S2. The number of carbonyl (C=O) groups excluding carboxylic acids is 2. The monoisotopic (exact) mass is 941 g/mol. The van der Waals surface area contributed by atoms with Crippen LogP contribution in [0.1, 0.15) is 83.7 Å². The molecule has 1 aliphatic heterocycles. The van der Waals surface area contributed by atoms with Crippen LogP contribution >= 0.6 is 39.5 Å². The molecule has 6 aromatic rings. The lowest BCUT2D eigenvalue weighted by Crippen LogP contribution is -2.18. The van der Waals surface area contributed by atoms with E-state index in [2.05, 4.69) is 55.1 Å². The molecule has 0 unspecified atom stereocenters. The fraction of sp³-hybridized carbons (Fsp3) is 0.360. The largest absolute Gasteiger partial charge is 0.441 e. The summed E-state index contributed by atoms with van der Waals surface area (Å²) in [6.07, 6.45) is 6.82. The topological polar surface area (TPSA) is 89.4 Å². The van der Waals surface area contributed by atoms with Crippen molar-refractivity contribution >= 4 is 51.0 Å². The van der Waals surface area contributed by atoms with Crippen LogP contribution in [-0.2, 0) is 45.8 Å². The van der Waals surface area contributed by atoms with E-state index in [-0.39, 0.29) is 23.2 Å². The molecule has 1 aliphatic rings. The normalized spacial score (nSPS) is 12.7. The number of benzene rings is 4. The third-order valence-electron chi connectivity index (χ3n) is 10.6. The fourth-order valence-corrected chi connectivity index (χ4v) is 9.25. The summed E-state index contributed by atoms with van der Waals surface area (Å²) in [4.78, 5) is 36.1. The second kappa shape index (κ2) is 24.5. The Kier molecular flexibility index (Phi) is 18.6. The van der Waals surface area contributed by atoms with Crippen molar-refractivity contribution in [2.45, 2.75) is 88.6 Å². The van der Waals surface area contributed by atoms with E-state index < -0.39 is 0 Å². The molecule has 4 aromatic carbocycles. The number of carbonyl (C=O) groups is 2. The molecule has 0 aliphatic carbocycles. The van der Waals surface area contributed by atoms with Gasteiger partial charge in [-0.3, -0.25) is 14.5 Å². The number of oxazole rings is 2. The summed E-state index contributed by atoms with van der Waals surface area (Å²) in [7, 11) is 0. The van der Waals surface area contributed by atoms with Crippen LogP contribution in [0.2, 0.25) is 0 Å². The number of Topliss-reactive ketones (excluding diaryl/α,β-unsaturated/α-hetero) is 2. The summed E-state index contributed by atoms with van der Waals surface area (Å²) in [5, 5.41) is 0.817. The van der Waals surface area contributed by atoms with E-state index in [4.69, 9.17) is 8.83 Å². The summed E-state index contributed by atoms with van der Waals surface area (Å²) in [5.41, 5.74) is 8.35. The first kappa shape index (κ1) is 47.1. The van der Waals surface area contributed by atoms with Crippen LogP contribution in [0, 0.1) is 25.5 Å². The predicted molar refractivity (Wildman–Crippen MR) is 252 cm³/mol. The van der Waals surface area contributed by atoms with Gasteiger partial charge in [-0.05, 0) is 136 Å². The number of likely N-dealkylation sites (tertiary alicyclic amines) is 1. The Morgan fingerprint density at radius 2 is 1.02 bits per heavy atom. The average molecular weight is 943 g/mol. The van der Waals surface area contributed by atoms with Gasteiger partial charge in [0.15, 0.2) is 0 Å². The summed E-state index contributed by atoms with van der Waals surface area (Å²) in [6.45, 7) is 7.23. The summed E-state index contributed by atoms with van der Waals surface area (Å²) in [6, 6.07) is 29.5. The van der Waals surface area contributed by atoms with Crippen molar-refractivity contribution in [3.63, 3.8) is 0 Å². The first-order chi connectivity index (χ1) is 30.1. The molecule has 2 aromatic heterocycles. The highest BCUT2D eigenvalue weighted by atomic mass is 79.9. The maximum atomic E-state index is 13.0. The van der Waals surface area contributed by atoms with Crippen molar-refractivity contribution in [2.24, 2.45) is 0 Å². The smallest absolute Gasteiger partial charge is 0.226 e. The Morgan fingerprint density at radius 1 is 0.613 bits per heavy atom. The Balaban J connectivity index is 0.000000209. The first-order valence-corrected chi connectivity index (χ1v) is 24.6. The molecule has 0 atom stereocenters. The number of nitrogens with zero attached hydrogens (tertiary/aromatic N) is 3. The van der Waals surface area contributed by atoms with Gasteiger partial charge in [-0.1, -0.05) is 64.5 Å². The SMILES string of the molecule is Cc1oc(-c2ccc(CBr)cc2)nc1CSCC(=O)CCCc1ccc(F)cc1.Cc1oc(-c2ccc(CN3CCCC3)cc2)nc1CSCC(=O)CCCc1ccc(F)cc1. The van der Waals surface area contributed by atoms with Gasteiger partial charge in [0.1, 0.15) is 34.7 Å². The summed E-state index contributed by atoms with van der Waals surface area (Å²) < 4.78 is 37.6. The van der Waals surface area contributed by atoms with Gasteiger partial charge in [0.2, 0.25) is 11.8 Å². The molecule has 1 fully saturated rings. The number of halogens is 3. The third kappa shape index (κ3) is 15.2. The Bertz CT molecular complexity index is 2310. The summed E-state index contributed by atoms with van der Waals surface area (Å²) >= 11 is 6.58. The van der Waals surface area contributed by atoms with Gasteiger partial charge in [-0.25, -0.2) is 18.7 Å². The molecule has 0 spiro atoms. The number of alkyl halides is 1. The maximum Gasteiger partial charge on any atom is 0.226 e. The molecule has 62 heavy (non-hydrogen) atoms. The van der Waals surface area contributed by atoms with E-state index in [9.17, 15) is 18.4 Å². The Hall–Kier alpha value is -4.36. The molecule has 1 saturated heterocycles. The van der Waals surface area contributed by atoms with Crippen LogP contribution in [0.4, 0.5) is 8.78 Å². The molecule has 12 heteroatoms. The molecule has 0 saturated carbocycles. The zero-order chi connectivity index (χ0) is 43.7. The highest BCUT2D eigenvalue weighted by Crippen LogP contribution is 2.27. The van der Waals surface area contributed by atoms with Crippen LogP contribution < -0.4 is 0 Å². The van der Waals surface area contributed by atoms with E-state index in [0.29, 0.717) is 47.6 Å². The van der Waals surface area contributed by atoms with E-state index in [1.54, 1.807) is 47.8 Å². The fourth-order valence-electron chi connectivity index (χ4n) is 7.01. The molecule has 3 heterocycles. The number of hydrogen-bond acceptors (Lipinski definition) is 9. The van der Waals surface area contributed by atoms with Crippen molar-refractivity contribution in [3.8, 4) is 22.9 Å². The zero-order valence-electron chi connectivity index (χ0n) is 35.5. The number of aryl methyl sites for hydroxylation is 4. The molecule has 0 bridgehead atoms. The molecule has 0 N–H and O–H groups in total. The standard InChI is InChI=1S/C27H31FN2O2S.C23H23BrFNO2S/c1-20-26(19-33-18-25(31)6-4-5-21-9-13-24(28)14-10-21)29-27(32-20)23-11-7-22(8-12-23)17-30-15-2-3-16-30;1-16-22(26-23(28-16)19-9-5-18(13-24)6-10-19)15-29-14-21(27)4-2-3-17-7-11-20(25)12-8-17/h7-14H,2-6,15-19H2,1H3;5-12H,2-4,13-15H2,1H3. The second-order valence-electron chi connectivity index (χ2n) is 15.6. The maximum absolute atomic E-state index is 13.0. The minimum Gasteiger partial charge on any atom is -0.441 e. The van der Waals surface area contributed by atoms with Crippen molar-refractivity contribution in [3.05, 3.63) is 154 Å². The first-order valence-electron chi connectivity index (χ1n) is 21.2. The summed E-state index contributed by atoms with van der Waals surface area (Å²) in [5.74, 6) is 5.09. The van der Waals surface area contributed by atoms with Crippen LogP contribution in [0.15, 0.2) is 106 Å². The van der Waals surface area contributed by atoms with Crippen LogP contribution in [0.5, 0.6) is 0 Å². The minimum absolute atomic E-state index is 0.226. The lowest BCUT2D eigenvalue weighted by Gasteiger charge is -2.14. The Morgan fingerprint density at radius 3 is 1.44 bits per heavy atom. The van der Waals surface area contributed by atoms with Crippen LogP contribution in [0.25, 0.3) is 22.9 Å². The van der Waals surface area contributed by atoms with E-state index in [1.807, 2.05) is 38.1 Å². The van der Waals surface area contributed by atoms with Gasteiger partial charge >= 0.3 is 0 Å². The lowest BCUT2D eigenvalue weighted by molar-refractivity contribution is -0.117. The zero-order valence-corrected chi connectivity index (χ0v) is 38.7. The van der Waals surface area contributed by atoms with Gasteiger partial charge in [0.05, 0.1) is 22.9 Å². The van der Waals surface area contributed by atoms with E-state index in [0.717, 1.165) is 82.7 Å².